The van der Waals surface area contributed by atoms with Crippen molar-refractivity contribution in [1.29, 1.82) is 0 Å². The van der Waals surface area contributed by atoms with Gasteiger partial charge in [-0.15, -0.1) is 0 Å². The van der Waals surface area contributed by atoms with Crippen LogP contribution in [0, 0.1) is 0 Å². The minimum atomic E-state index is -0.132. The first-order valence-electron chi connectivity index (χ1n) is 4.58. The zero-order valence-corrected chi connectivity index (χ0v) is 7.38. The molecule has 0 amide bonds. The molecule has 0 radical (unpaired) electrons. The highest BCUT2D eigenvalue weighted by atomic mass is 16.3. The molecule has 1 nitrogen and oxygen atoms in total. The second-order valence-corrected chi connectivity index (χ2v) is 3.52. The molecule has 0 fully saturated rings. The van der Waals surface area contributed by atoms with E-state index < -0.39 is 0 Å². The Morgan fingerprint density at radius 3 is 2.83 bits per heavy atom. The van der Waals surface area contributed by atoms with Gasteiger partial charge in [0, 0.05) is 0 Å². The van der Waals surface area contributed by atoms with Gasteiger partial charge in [0.1, 0.15) is 0 Å². The highest BCUT2D eigenvalue weighted by molar-refractivity contribution is 5.36. The summed E-state index contributed by atoms with van der Waals surface area (Å²) in [5, 5.41) is 9.41. The van der Waals surface area contributed by atoms with Crippen LogP contribution >= 0.6 is 0 Å². The standard InChI is InChI=1S/C11H14O/c1-2-8-3-4-9-6-11(12)7-10(9)5-8/h3-5,11-12H,2,6-7H2,1H3. The summed E-state index contributed by atoms with van der Waals surface area (Å²) >= 11 is 0. The molecule has 0 spiro atoms. The van der Waals surface area contributed by atoms with Crippen molar-refractivity contribution in [1.82, 2.24) is 0 Å². The van der Waals surface area contributed by atoms with Crippen LogP contribution in [0.5, 0.6) is 0 Å². The number of hydrogen-bond acceptors (Lipinski definition) is 1. The Kier molecular flexibility index (Phi) is 1.89. The van der Waals surface area contributed by atoms with Gasteiger partial charge in [-0.2, -0.15) is 0 Å². The molecule has 1 aromatic rings. The molecule has 1 heteroatoms. The van der Waals surface area contributed by atoms with Gasteiger partial charge in [-0.3, -0.25) is 0 Å². The molecular formula is C11H14O. The summed E-state index contributed by atoms with van der Waals surface area (Å²) < 4.78 is 0. The number of aryl methyl sites for hydroxylation is 1. The largest absolute Gasteiger partial charge is 0.392 e. The second-order valence-electron chi connectivity index (χ2n) is 3.52. The molecular weight excluding hydrogens is 148 g/mol. The Morgan fingerprint density at radius 1 is 1.33 bits per heavy atom. The maximum Gasteiger partial charge on any atom is 0.0621 e. The molecule has 0 aromatic heterocycles. The van der Waals surface area contributed by atoms with Crippen molar-refractivity contribution in [2.24, 2.45) is 0 Å². The number of aliphatic hydroxyl groups excluding tert-OH is 1. The summed E-state index contributed by atoms with van der Waals surface area (Å²) in [5.74, 6) is 0. The predicted molar refractivity (Wildman–Crippen MR) is 49.2 cm³/mol. The first-order valence-corrected chi connectivity index (χ1v) is 4.58. The number of benzene rings is 1. The van der Waals surface area contributed by atoms with E-state index in [1.165, 1.54) is 16.7 Å². The lowest BCUT2D eigenvalue weighted by atomic mass is 10.1. The van der Waals surface area contributed by atoms with E-state index in [1.54, 1.807) is 0 Å². The fourth-order valence-electron chi connectivity index (χ4n) is 1.87. The van der Waals surface area contributed by atoms with Crippen molar-refractivity contribution < 1.29 is 5.11 Å². The molecule has 1 unspecified atom stereocenters. The smallest absolute Gasteiger partial charge is 0.0621 e. The van der Waals surface area contributed by atoms with Crippen molar-refractivity contribution in [3.05, 3.63) is 34.9 Å². The van der Waals surface area contributed by atoms with Gasteiger partial charge in [0.05, 0.1) is 6.10 Å². The molecule has 1 aliphatic carbocycles. The topological polar surface area (TPSA) is 20.2 Å². The lowest BCUT2D eigenvalue weighted by Crippen LogP contribution is -2.03. The third-order valence-electron chi connectivity index (χ3n) is 2.59. The zero-order chi connectivity index (χ0) is 8.55. The van der Waals surface area contributed by atoms with Crippen LogP contribution in [0.4, 0.5) is 0 Å². The van der Waals surface area contributed by atoms with Crippen LogP contribution < -0.4 is 0 Å². The van der Waals surface area contributed by atoms with E-state index in [9.17, 15) is 5.11 Å². The van der Waals surface area contributed by atoms with E-state index >= 15 is 0 Å². The molecule has 1 aliphatic rings. The van der Waals surface area contributed by atoms with Crippen LogP contribution in [0.3, 0.4) is 0 Å². The van der Waals surface area contributed by atoms with Crippen LogP contribution in [0.1, 0.15) is 23.6 Å². The lowest BCUT2D eigenvalue weighted by molar-refractivity contribution is 0.187. The lowest BCUT2D eigenvalue weighted by Gasteiger charge is -2.00. The summed E-state index contributed by atoms with van der Waals surface area (Å²) in [7, 11) is 0. The molecule has 2 rings (SSSR count). The Hall–Kier alpha value is -0.820. The molecule has 0 saturated heterocycles. The second kappa shape index (κ2) is 2.91. The molecule has 12 heavy (non-hydrogen) atoms. The quantitative estimate of drug-likeness (QED) is 0.666. The first kappa shape index (κ1) is 7.81. The maximum absolute atomic E-state index is 9.41. The normalized spacial score (nSPS) is 21.0. The summed E-state index contributed by atoms with van der Waals surface area (Å²) in [5.41, 5.74) is 4.06. The zero-order valence-electron chi connectivity index (χ0n) is 7.38. The van der Waals surface area contributed by atoms with Crippen LogP contribution in [0.15, 0.2) is 18.2 Å². The van der Waals surface area contributed by atoms with Crippen molar-refractivity contribution in [3.8, 4) is 0 Å². The molecule has 0 saturated carbocycles. The van der Waals surface area contributed by atoms with Gasteiger partial charge in [-0.25, -0.2) is 0 Å². The summed E-state index contributed by atoms with van der Waals surface area (Å²) in [6.07, 6.45) is 2.65. The average molecular weight is 162 g/mol. The third kappa shape index (κ3) is 1.25. The number of fused-ring (bicyclic) bond motifs is 1. The summed E-state index contributed by atoms with van der Waals surface area (Å²) in [6.45, 7) is 2.16. The molecule has 0 heterocycles. The number of rotatable bonds is 1. The molecule has 0 aliphatic heterocycles. The Morgan fingerprint density at radius 2 is 2.08 bits per heavy atom. The number of aliphatic hydroxyl groups is 1. The number of hydrogen-bond donors (Lipinski definition) is 1. The van der Waals surface area contributed by atoms with Gasteiger partial charge < -0.3 is 5.11 Å². The minimum absolute atomic E-state index is 0.132. The van der Waals surface area contributed by atoms with E-state index in [4.69, 9.17) is 0 Å². The molecule has 1 aromatic carbocycles. The minimum Gasteiger partial charge on any atom is -0.392 e. The van der Waals surface area contributed by atoms with Crippen LogP contribution in [-0.2, 0) is 19.3 Å². The molecule has 64 valence electrons. The maximum atomic E-state index is 9.41. The van der Waals surface area contributed by atoms with E-state index in [-0.39, 0.29) is 6.10 Å². The summed E-state index contributed by atoms with van der Waals surface area (Å²) in [4.78, 5) is 0. The van der Waals surface area contributed by atoms with E-state index in [1.807, 2.05) is 0 Å². The Balaban J connectivity index is 2.35. The van der Waals surface area contributed by atoms with Crippen LogP contribution in [0.2, 0.25) is 0 Å². The molecule has 1 atom stereocenters. The average Bonchev–Trinajstić information content (AvgIpc) is 2.43. The van der Waals surface area contributed by atoms with E-state index in [0.717, 1.165) is 19.3 Å². The van der Waals surface area contributed by atoms with E-state index in [0.29, 0.717) is 0 Å². The molecule has 0 bridgehead atoms. The van der Waals surface area contributed by atoms with E-state index in [2.05, 4.69) is 25.1 Å². The SMILES string of the molecule is CCc1ccc2c(c1)CC(O)C2. The van der Waals surface area contributed by atoms with Gasteiger partial charge in [0.15, 0.2) is 0 Å². The highest BCUT2D eigenvalue weighted by Gasteiger charge is 2.18. The van der Waals surface area contributed by atoms with Crippen molar-refractivity contribution in [3.63, 3.8) is 0 Å². The van der Waals surface area contributed by atoms with Gasteiger partial charge in [-0.1, -0.05) is 25.1 Å². The molecule has 1 N–H and O–H groups in total. The van der Waals surface area contributed by atoms with Crippen LogP contribution in [-0.4, -0.2) is 11.2 Å². The predicted octanol–water partition coefficient (Wildman–Crippen LogP) is 1.71. The monoisotopic (exact) mass is 162 g/mol. The van der Waals surface area contributed by atoms with Crippen molar-refractivity contribution in [2.45, 2.75) is 32.3 Å². The Labute approximate surface area is 73.0 Å². The highest BCUT2D eigenvalue weighted by Crippen LogP contribution is 2.23. The van der Waals surface area contributed by atoms with Gasteiger partial charge in [0.25, 0.3) is 0 Å². The van der Waals surface area contributed by atoms with Crippen LogP contribution in [0.25, 0.3) is 0 Å². The van der Waals surface area contributed by atoms with Crippen molar-refractivity contribution >= 4 is 0 Å². The van der Waals surface area contributed by atoms with Crippen molar-refractivity contribution in [2.75, 3.05) is 0 Å². The van der Waals surface area contributed by atoms with Gasteiger partial charge >= 0.3 is 0 Å². The van der Waals surface area contributed by atoms with Gasteiger partial charge in [-0.05, 0) is 36.0 Å². The third-order valence-corrected chi connectivity index (χ3v) is 2.59. The fraction of sp³-hybridized carbons (Fsp3) is 0.455. The fourth-order valence-corrected chi connectivity index (χ4v) is 1.87. The Bertz CT molecular complexity index is 291. The summed E-state index contributed by atoms with van der Waals surface area (Å²) in [6, 6.07) is 6.55. The first-order chi connectivity index (χ1) is 5.79. The van der Waals surface area contributed by atoms with Gasteiger partial charge in [0.2, 0.25) is 0 Å².